The molecule has 15 heavy (non-hydrogen) atoms. The van der Waals surface area contributed by atoms with Crippen LogP contribution in [0.25, 0.3) is 0 Å². The molecular weight excluding hydrogens is 277 g/mol. The summed E-state index contributed by atoms with van der Waals surface area (Å²) in [5.74, 6) is 3.80. The fraction of sp³-hybridized carbons (Fsp3) is 0.125. The van der Waals surface area contributed by atoms with E-state index in [1.807, 2.05) is 0 Å². The highest BCUT2D eigenvalue weighted by atomic mass is 79.9. The highest BCUT2D eigenvalue weighted by Crippen LogP contribution is 2.33. The van der Waals surface area contributed by atoms with Crippen molar-refractivity contribution in [1.82, 2.24) is 5.43 Å². The minimum atomic E-state index is -4.59. The topological polar surface area (TPSA) is 55.1 Å². The standard InChI is InChI=1S/C8H6BrF3N2O/c9-4-1-2-5(7(15)14-13)6(3-4)8(10,11)12/h1-3H,13H2,(H,14,15). The fourth-order valence-electron chi connectivity index (χ4n) is 1.03. The van der Waals surface area contributed by atoms with Crippen LogP contribution in [0.15, 0.2) is 22.7 Å². The maximum Gasteiger partial charge on any atom is 0.417 e. The number of amides is 1. The first-order chi connectivity index (χ1) is 6.86. The lowest BCUT2D eigenvalue weighted by Crippen LogP contribution is -2.31. The molecule has 0 heterocycles. The van der Waals surface area contributed by atoms with E-state index in [4.69, 9.17) is 5.84 Å². The lowest BCUT2D eigenvalue weighted by atomic mass is 10.1. The van der Waals surface area contributed by atoms with Gasteiger partial charge in [-0.15, -0.1) is 0 Å². The Balaban J connectivity index is 3.33. The van der Waals surface area contributed by atoms with Crippen molar-refractivity contribution in [2.24, 2.45) is 5.84 Å². The number of hydrogen-bond acceptors (Lipinski definition) is 2. The normalized spacial score (nSPS) is 11.3. The van der Waals surface area contributed by atoms with Crippen LogP contribution in [0.2, 0.25) is 0 Å². The third-order valence-electron chi connectivity index (χ3n) is 1.66. The molecule has 0 aromatic heterocycles. The molecule has 7 heteroatoms. The molecule has 3 N–H and O–H groups in total. The van der Waals surface area contributed by atoms with Crippen molar-refractivity contribution >= 4 is 21.8 Å². The largest absolute Gasteiger partial charge is 0.417 e. The molecule has 0 aliphatic carbocycles. The van der Waals surface area contributed by atoms with E-state index in [1.54, 1.807) is 5.43 Å². The molecule has 1 amide bonds. The third kappa shape index (κ3) is 2.69. The smallest absolute Gasteiger partial charge is 0.290 e. The van der Waals surface area contributed by atoms with Gasteiger partial charge in [0.15, 0.2) is 0 Å². The molecule has 0 aliphatic heterocycles. The van der Waals surface area contributed by atoms with Crippen molar-refractivity contribution in [1.29, 1.82) is 0 Å². The maximum atomic E-state index is 12.5. The summed E-state index contributed by atoms with van der Waals surface area (Å²) in [7, 11) is 0. The number of nitrogens with one attached hydrogen (secondary N) is 1. The van der Waals surface area contributed by atoms with Gasteiger partial charge < -0.3 is 0 Å². The predicted molar refractivity (Wildman–Crippen MR) is 50.8 cm³/mol. The molecule has 0 spiro atoms. The van der Waals surface area contributed by atoms with Crippen LogP contribution in [0, 0.1) is 0 Å². The molecule has 1 aromatic carbocycles. The van der Waals surface area contributed by atoms with Gasteiger partial charge in [-0.25, -0.2) is 5.84 Å². The second-order valence-electron chi connectivity index (χ2n) is 2.66. The van der Waals surface area contributed by atoms with Crippen molar-refractivity contribution in [3.63, 3.8) is 0 Å². The van der Waals surface area contributed by atoms with Gasteiger partial charge in [0, 0.05) is 4.47 Å². The SMILES string of the molecule is NNC(=O)c1ccc(Br)cc1C(F)(F)F. The number of alkyl halides is 3. The Morgan fingerprint density at radius 1 is 1.40 bits per heavy atom. The minimum Gasteiger partial charge on any atom is -0.290 e. The quantitative estimate of drug-likeness (QED) is 0.471. The summed E-state index contributed by atoms with van der Waals surface area (Å²) >= 11 is 2.90. The van der Waals surface area contributed by atoms with Gasteiger partial charge in [0.1, 0.15) is 0 Å². The number of nitrogen functional groups attached to an aromatic ring is 1. The number of halogens is 4. The predicted octanol–water partition coefficient (Wildman–Crippen LogP) is 2.07. The summed E-state index contributed by atoms with van der Waals surface area (Å²) in [6.45, 7) is 0. The molecule has 0 bridgehead atoms. The lowest BCUT2D eigenvalue weighted by molar-refractivity contribution is -0.138. The molecule has 0 fully saturated rings. The van der Waals surface area contributed by atoms with Crippen molar-refractivity contribution in [3.8, 4) is 0 Å². The van der Waals surface area contributed by atoms with Gasteiger partial charge in [0.05, 0.1) is 11.1 Å². The Bertz CT molecular complexity index is 392. The zero-order valence-electron chi connectivity index (χ0n) is 7.23. The average molecular weight is 283 g/mol. The Labute approximate surface area is 91.5 Å². The van der Waals surface area contributed by atoms with Crippen molar-refractivity contribution < 1.29 is 18.0 Å². The van der Waals surface area contributed by atoms with Gasteiger partial charge in [-0.1, -0.05) is 15.9 Å². The average Bonchev–Trinajstić information content (AvgIpc) is 2.15. The third-order valence-corrected chi connectivity index (χ3v) is 2.16. The molecule has 0 atom stereocenters. The molecule has 3 nitrogen and oxygen atoms in total. The van der Waals surface area contributed by atoms with Crippen LogP contribution < -0.4 is 11.3 Å². The second kappa shape index (κ2) is 4.19. The number of hydrazine groups is 1. The van der Waals surface area contributed by atoms with Crippen LogP contribution in [-0.4, -0.2) is 5.91 Å². The number of rotatable bonds is 1. The van der Waals surface area contributed by atoms with Gasteiger partial charge in [-0.2, -0.15) is 13.2 Å². The highest BCUT2D eigenvalue weighted by Gasteiger charge is 2.35. The first kappa shape index (κ1) is 12.0. The summed E-state index contributed by atoms with van der Waals surface area (Å²) in [5, 5.41) is 0. The summed E-state index contributed by atoms with van der Waals surface area (Å²) in [6.07, 6.45) is -4.59. The minimum absolute atomic E-state index is 0.239. The van der Waals surface area contributed by atoms with Crippen LogP contribution in [0.4, 0.5) is 13.2 Å². The van der Waals surface area contributed by atoms with Gasteiger partial charge in [0.2, 0.25) is 0 Å². The van der Waals surface area contributed by atoms with E-state index in [2.05, 4.69) is 15.9 Å². The Hall–Kier alpha value is -1.08. The van der Waals surface area contributed by atoms with Crippen LogP contribution in [0.1, 0.15) is 15.9 Å². The first-order valence-electron chi connectivity index (χ1n) is 3.74. The number of nitrogens with two attached hydrogens (primary N) is 1. The molecule has 82 valence electrons. The molecule has 1 rings (SSSR count). The van der Waals surface area contributed by atoms with Crippen LogP contribution in [0.5, 0.6) is 0 Å². The van der Waals surface area contributed by atoms with Gasteiger partial charge >= 0.3 is 6.18 Å². The summed E-state index contributed by atoms with van der Waals surface area (Å²) in [5.41, 5.74) is 0.125. The van der Waals surface area contributed by atoms with Crippen molar-refractivity contribution in [2.75, 3.05) is 0 Å². The van der Waals surface area contributed by atoms with E-state index in [0.29, 0.717) is 0 Å². The maximum absolute atomic E-state index is 12.5. The molecule has 0 unspecified atom stereocenters. The number of carbonyl (C=O) groups is 1. The molecule has 0 aliphatic rings. The van der Waals surface area contributed by atoms with Gasteiger partial charge in [-0.3, -0.25) is 10.2 Å². The number of hydrogen-bond donors (Lipinski definition) is 2. The van der Waals surface area contributed by atoms with Crippen LogP contribution in [0.3, 0.4) is 0 Å². The molecule has 0 radical (unpaired) electrons. The van der Waals surface area contributed by atoms with Crippen LogP contribution >= 0.6 is 15.9 Å². The van der Waals surface area contributed by atoms with E-state index in [0.717, 1.165) is 12.1 Å². The zero-order valence-corrected chi connectivity index (χ0v) is 8.82. The molecule has 0 saturated heterocycles. The number of carbonyl (C=O) groups excluding carboxylic acids is 1. The zero-order chi connectivity index (χ0) is 11.6. The summed E-state index contributed by atoms with van der Waals surface area (Å²) in [6, 6.07) is 3.21. The van der Waals surface area contributed by atoms with E-state index in [-0.39, 0.29) is 4.47 Å². The molecular formula is C8H6BrF3N2O. The second-order valence-corrected chi connectivity index (χ2v) is 3.58. The van der Waals surface area contributed by atoms with Crippen LogP contribution in [-0.2, 0) is 6.18 Å². The highest BCUT2D eigenvalue weighted by molar-refractivity contribution is 9.10. The monoisotopic (exact) mass is 282 g/mol. The Kier molecular flexibility index (Phi) is 3.35. The first-order valence-corrected chi connectivity index (χ1v) is 4.53. The van der Waals surface area contributed by atoms with Gasteiger partial charge in [-0.05, 0) is 18.2 Å². The van der Waals surface area contributed by atoms with Gasteiger partial charge in [0.25, 0.3) is 5.91 Å². The fourth-order valence-corrected chi connectivity index (χ4v) is 1.39. The van der Waals surface area contributed by atoms with Crippen molar-refractivity contribution in [2.45, 2.75) is 6.18 Å². The van der Waals surface area contributed by atoms with E-state index in [1.165, 1.54) is 6.07 Å². The summed E-state index contributed by atoms with van der Waals surface area (Å²) < 4.78 is 37.7. The lowest BCUT2D eigenvalue weighted by Gasteiger charge is -2.11. The Morgan fingerprint density at radius 3 is 2.47 bits per heavy atom. The van der Waals surface area contributed by atoms with E-state index >= 15 is 0 Å². The van der Waals surface area contributed by atoms with E-state index < -0.39 is 23.2 Å². The molecule has 1 aromatic rings. The summed E-state index contributed by atoms with van der Waals surface area (Å²) in [4.78, 5) is 11.0. The Morgan fingerprint density at radius 2 is 2.00 bits per heavy atom. The molecule has 0 saturated carbocycles. The number of benzene rings is 1. The van der Waals surface area contributed by atoms with E-state index in [9.17, 15) is 18.0 Å². The van der Waals surface area contributed by atoms with Crippen molar-refractivity contribution in [3.05, 3.63) is 33.8 Å².